The molecule has 0 aromatic heterocycles. The minimum atomic E-state index is -2.35. The van der Waals surface area contributed by atoms with Crippen molar-refractivity contribution in [3.63, 3.8) is 0 Å². The summed E-state index contributed by atoms with van der Waals surface area (Å²) >= 11 is 1.05. The first-order valence-electron chi connectivity index (χ1n) is 5.48. The van der Waals surface area contributed by atoms with Crippen LogP contribution in [0.1, 0.15) is 5.56 Å². The molecule has 1 rings (SSSR count). The number of methoxy groups -OCH3 is 2. The zero-order valence-corrected chi connectivity index (χ0v) is 12.5. The Kier molecular flexibility index (Phi) is 8.88. The molecule has 0 saturated carbocycles. The van der Waals surface area contributed by atoms with E-state index in [4.69, 9.17) is 15.2 Å². The Morgan fingerprint density at radius 1 is 1.21 bits per heavy atom. The monoisotopic (exact) mass is 313 g/mol. The second kappa shape index (κ2) is 9.23. The molecule has 7 heteroatoms. The largest absolute Gasteiger partial charge is 0.496 e. The summed E-state index contributed by atoms with van der Waals surface area (Å²) in [6.45, 7) is 0.489. The van der Waals surface area contributed by atoms with Crippen LogP contribution >= 0.6 is 24.2 Å². The molecule has 0 spiro atoms. The molecule has 2 N–H and O–H groups in total. The second-order valence-electron chi connectivity index (χ2n) is 3.56. The lowest BCUT2D eigenvalue weighted by Crippen LogP contribution is -2.05. The van der Waals surface area contributed by atoms with E-state index in [0.29, 0.717) is 29.4 Å². The Labute approximate surface area is 122 Å². The average molecular weight is 314 g/mol. The van der Waals surface area contributed by atoms with E-state index in [1.54, 1.807) is 19.2 Å². The van der Waals surface area contributed by atoms with E-state index in [-0.39, 0.29) is 18.2 Å². The van der Waals surface area contributed by atoms with Gasteiger partial charge in [-0.1, -0.05) is 0 Å². The molecular formula is C12H18ClF2NO2S. The molecule has 3 nitrogen and oxygen atoms in total. The van der Waals surface area contributed by atoms with Gasteiger partial charge in [0, 0.05) is 0 Å². The van der Waals surface area contributed by atoms with Gasteiger partial charge < -0.3 is 15.2 Å². The fourth-order valence-corrected chi connectivity index (χ4v) is 2.33. The smallest absolute Gasteiger partial charge is 0.247 e. The third-order valence-corrected chi connectivity index (χ3v) is 3.39. The molecule has 19 heavy (non-hydrogen) atoms. The standard InChI is InChI=1S/C12H17F2NO2S.ClH/c1-16-9-6-11(18-7-12(13)14)10(17-2)5-8(9)3-4-15;/h5-6,12H,3-4,7,15H2,1-2H3;1H. The molecule has 1 aromatic carbocycles. The van der Waals surface area contributed by atoms with E-state index in [1.807, 2.05) is 0 Å². The third-order valence-electron chi connectivity index (χ3n) is 2.35. The molecule has 0 bridgehead atoms. The van der Waals surface area contributed by atoms with Crippen LogP contribution in [-0.4, -0.2) is 32.9 Å². The summed E-state index contributed by atoms with van der Waals surface area (Å²) in [6.07, 6.45) is -1.70. The van der Waals surface area contributed by atoms with Crippen LogP contribution in [0.15, 0.2) is 17.0 Å². The van der Waals surface area contributed by atoms with Crippen molar-refractivity contribution in [2.24, 2.45) is 5.73 Å². The lowest BCUT2D eigenvalue weighted by atomic mass is 10.1. The van der Waals surface area contributed by atoms with Gasteiger partial charge in [-0.05, 0) is 30.7 Å². The number of alkyl halides is 2. The van der Waals surface area contributed by atoms with Gasteiger partial charge >= 0.3 is 0 Å². The van der Waals surface area contributed by atoms with Crippen molar-refractivity contribution in [3.8, 4) is 11.5 Å². The predicted molar refractivity (Wildman–Crippen MR) is 76.3 cm³/mol. The highest BCUT2D eigenvalue weighted by Gasteiger charge is 2.13. The highest BCUT2D eigenvalue weighted by atomic mass is 35.5. The number of ether oxygens (including phenoxy) is 2. The quantitative estimate of drug-likeness (QED) is 0.786. The van der Waals surface area contributed by atoms with Crippen LogP contribution in [-0.2, 0) is 6.42 Å². The molecule has 0 aliphatic carbocycles. The lowest BCUT2D eigenvalue weighted by molar-refractivity contribution is 0.177. The van der Waals surface area contributed by atoms with Crippen LogP contribution in [0.2, 0.25) is 0 Å². The average Bonchev–Trinajstić information content (AvgIpc) is 2.36. The van der Waals surface area contributed by atoms with Gasteiger partial charge in [-0.3, -0.25) is 0 Å². The summed E-state index contributed by atoms with van der Waals surface area (Å²) in [5, 5.41) is 0. The first kappa shape index (κ1) is 18.3. The number of rotatable bonds is 7. The zero-order chi connectivity index (χ0) is 13.5. The Balaban J connectivity index is 0.00000324. The maximum absolute atomic E-state index is 12.2. The number of hydrogen-bond donors (Lipinski definition) is 1. The van der Waals surface area contributed by atoms with E-state index >= 15 is 0 Å². The number of nitrogens with two attached hydrogens (primary N) is 1. The normalized spacial score (nSPS) is 10.2. The molecule has 0 fully saturated rings. The highest BCUT2D eigenvalue weighted by molar-refractivity contribution is 7.99. The predicted octanol–water partition coefficient (Wildman–Crippen LogP) is 2.98. The lowest BCUT2D eigenvalue weighted by Gasteiger charge is -2.14. The number of hydrogen-bond acceptors (Lipinski definition) is 4. The SMILES string of the molecule is COc1cc(SCC(F)F)c(OC)cc1CCN.Cl. The van der Waals surface area contributed by atoms with E-state index in [1.165, 1.54) is 7.11 Å². The summed E-state index contributed by atoms with van der Waals surface area (Å²) in [6, 6.07) is 3.51. The maximum atomic E-state index is 12.2. The van der Waals surface area contributed by atoms with Crippen molar-refractivity contribution in [2.45, 2.75) is 17.7 Å². The molecule has 0 unspecified atom stereocenters. The van der Waals surface area contributed by atoms with E-state index in [9.17, 15) is 8.78 Å². The van der Waals surface area contributed by atoms with Crippen LogP contribution < -0.4 is 15.2 Å². The summed E-state index contributed by atoms with van der Waals surface area (Å²) < 4.78 is 34.9. The summed E-state index contributed by atoms with van der Waals surface area (Å²) in [5.74, 6) is 0.957. The van der Waals surface area contributed by atoms with Crippen LogP contribution in [0.4, 0.5) is 8.78 Å². The molecule has 0 amide bonds. The molecular weight excluding hydrogens is 296 g/mol. The minimum Gasteiger partial charge on any atom is -0.496 e. The van der Waals surface area contributed by atoms with Crippen molar-refractivity contribution < 1.29 is 18.3 Å². The Morgan fingerprint density at radius 2 is 1.84 bits per heavy atom. The van der Waals surface area contributed by atoms with Gasteiger partial charge in [0.05, 0.1) is 24.9 Å². The molecule has 0 aliphatic heterocycles. The molecule has 0 radical (unpaired) electrons. The van der Waals surface area contributed by atoms with Crippen molar-refractivity contribution in [1.82, 2.24) is 0 Å². The van der Waals surface area contributed by atoms with Gasteiger partial charge in [0.1, 0.15) is 11.5 Å². The fourth-order valence-electron chi connectivity index (χ4n) is 1.55. The molecule has 0 heterocycles. The number of halogens is 3. The zero-order valence-electron chi connectivity index (χ0n) is 10.8. The summed E-state index contributed by atoms with van der Waals surface area (Å²) in [4.78, 5) is 0.649. The first-order chi connectivity index (χ1) is 8.62. The van der Waals surface area contributed by atoms with Crippen LogP contribution in [0.5, 0.6) is 11.5 Å². The van der Waals surface area contributed by atoms with Crippen LogP contribution in [0.3, 0.4) is 0 Å². The molecule has 0 saturated heterocycles. The minimum absolute atomic E-state index is 0. The van der Waals surface area contributed by atoms with E-state index < -0.39 is 6.43 Å². The van der Waals surface area contributed by atoms with Crippen molar-refractivity contribution in [3.05, 3.63) is 17.7 Å². The highest BCUT2D eigenvalue weighted by Crippen LogP contribution is 2.36. The third kappa shape index (κ3) is 5.42. The van der Waals surface area contributed by atoms with Crippen molar-refractivity contribution in [1.29, 1.82) is 0 Å². The molecule has 1 aromatic rings. The Bertz CT molecular complexity index is 394. The Hall–Kier alpha value is -0.720. The molecule has 0 atom stereocenters. The molecule has 0 aliphatic rings. The second-order valence-corrected chi connectivity index (χ2v) is 4.62. The number of benzene rings is 1. The van der Waals surface area contributed by atoms with Gasteiger partial charge in [0.2, 0.25) is 6.43 Å². The van der Waals surface area contributed by atoms with Gasteiger partial charge in [-0.2, -0.15) is 0 Å². The topological polar surface area (TPSA) is 44.5 Å². The van der Waals surface area contributed by atoms with Crippen molar-refractivity contribution >= 4 is 24.2 Å². The molecule has 110 valence electrons. The summed E-state index contributed by atoms with van der Waals surface area (Å²) in [5.41, 5.74) is 6.43. The fraction of sp³-hybridized carbons (Fsp3) is 0.500. The van der Waals surface area contributed by atoms with E-state index in [0.717, 1.165) is 17.3 Å². The van der Waals surface area contributed by atoms with Gasteiger partial charge in [-0.25, -0.2) is 8.78 Å². The van der Waals surface area contributed by atoms with Gasteiger partial charge in [0.25, 0.3) is 0 Å². The van der Waals surface area contributed by atoms with E-state index in [2.05, 4.69) is 0 Å². The van der Waals surface area contributed by atoms with Gasteiger partial charge in [0.15, 0.2) is 0 Å². The summed E-state index contributed by atoms with van der Waals surface area (Å²) in [7, 11) is 3.06. The first-order valence-corrected chi connectivity index (χ1v) is 6.46. The van der Waals surface area contributed by atoms with Gasteiger partial charge in [-0.15, -0.1) is 24.2 Å². The van der Waals surface area contributed by atoms with Crippen LogP contribution in [0, 0.1) is 0 Å². The number of thioether (sulfide) groups is 1. The Morgan fingerprint density at radius 3 is 2.32 bits per heavy atom. The van der Waals surface area contributed by atoms with Crippen LogP contribution in [0.25, 0.3) is 0 Å². The van der Waals surface area contributed by atoms with Crippen molar-refractivity contribution in [2.75, 3.05) is 26.5 Å². The maximum Gasteiger partial charge on any atom is 0.247 e.